The van der Waals surface area contributed by atoms with Gasteiger partial charge in [-0.3, -0.25) is 4.79 Å². The maximum absolute atomic E-state index is 12.9. The van der Waals surface area contributed by atoms with E-state index in [-0.39, 0.29) is 30.2 Å². The summed E-state index contributed by atoms with van der Waals surface area (Å²) < 4.78 is 44.0. The average molecular weight is 381 g/mol. The van der Waals surface area contributed by atoms with E-state index in [4.69, 9.17) is 4.52 Å². The normalized spacial score (nSPS) is 22.6. The number of hydrogen-bond acceptors (Lipinski definition) is 6. The van der Waals surface area contributed by atoms with Crippen LogP contribution in [0.4, 0.5) is 19.0 Å². The summed E-state index contributed by atoms with van der Waals surface area (Å²) in [4.78, 5) is 23.5. The summed E-state index contributed by atoms with van der Waals surface area (Å²) >= 11 is 0. The fourth-order valence-electron chi connectivity index (χ4n) is 3.98. The van der Waals surface area contributed by atoms with Crippen LogP contribution >= 0.6 is 0 Å². The minimum Gasteiger partial charge on any atom is -0.361 e. The number of nitrogens with zero attached hydrogens (tertiary/aromatic N) is 5. The molecule has 2 aromatic rings. The smallest absolute Gasteiger partial charge is 0.361 e. The molecular weight excluding hydrogens is 363 g/mol. The number of aryl methyl sites for hydroxylation is 2. The van der Waals surface area contributed by atoms with Crippen molar-refractivity contribution in [2.75, 3.05) is 11.4 Å². The van der Waals surface area contributed by atoms with Crippen molar-refractivity contribution >= 4 is 11.7 Å². The Labute approximate surface area is 153 Å². The van der Waals surface area contributed by atoms with Crippen molar-refractivity contribution in [3.05, 3.63) is 35.1 Å². The van der Waals surface area contributed by atoms with Crippen LogP contribution in [-0.2, 0) is 17.5 Å². The summed E-state index contributed by atoms with van der Waals surface area (Å²) in [5.74, 6) is 0.848. The number of carbonyl (C=O) groups excluding carboxylic acids is 1. The number of anilines is 1. The lowest BCUT2D eigenvalue weighted by Crippen LogP contribution is -2.37. The molecule has 0 saturated carbocycles. The maximum Gasteiger partial charge on any atom is 0.433 e. The van der Waals surface area contributed by atoms with Gasteiger partial charge in [0.1, 0.15) is 23.6 Å². The first-order valence-electron chi connectivity index (χ1n) is 8.63. The van der Waals surface area contributed by atoms with E-state index < -0.39 is 11.9 Å². The third kappa shape index (κ3) is 3.02. The Hall–Kier alpha value is -2.65. The van der Waals surface area contributed by atoms with Gasteiger partial charge in [0.2, 0.25) is 5.91 Å². The van der Waals surface area contributed by atoms with Gasteiger partial charge in [-0.2, -0.15) is 13.2 Å². The first-order chi connectivity index (χ1) is 12.8. The van der Waals surface area contributed by atoms with Crippen LogP contribution in [0.15, 0.2) is 16.9 Å². The van der Waals surface area contributed by atoms with Gasteiger partial charge in [0, 0.05) is 24.6 Å². The number of hydrogen-bond donors (Lipinski definition) is 0. The Morgan fingerprint density at radius 2 is 2.04 bits per heavy atom. The standard InChI is InChI=1S/C17H18F3N5O2/c1-9-11(10(2)27-23-9)7-25-12-3-4-24(13(12)5-16(25)26)15-6-14(17(18,19)20)21-8-22-15/h6,8,12-13H,3-5,7H2,1-2H3/t12-,13-/m0/s1. The molecule has 4 heterocycles. The molecule has 2 atom stereocenters. The highest BCUT2D eigenvalue weighted by Gasteiger charge is 2.47. The minimum absolute atomic E-state index is 0.0280. The highest BCUT2D eigenvalue weighted by atomic mass is 19.4. The van der Waals surface area contributed by atoms with E-state index >= 15 is 0 Å². The van der Waals surface area contributed by atoms with Gasteiger partial charge in [0.05, 0.1) is 24.3 Å². The lowest BCUT2D eigenvalue weighted by molar-refractivity contribution is -0.141. The molecule has 2 saturated heterocycles. The summed E-state index contributed by atoms with van der Waals surface area (Å²) in [6.45, 7) is 4.56. The third-order valence-electron chi connectivity index (χ3n) is 5.36. The fraction of sp³-hybridized carbons (Fsp3) is 0.529. The number of aromatic nitrogens is 3. The molecule has 10 heteroatoms. The number of carbonyl (C=O) groups is 1. The Kier molecular flexibility index (Phi) is 4.08. The fourth-order valence-corrected chi connectivity index (χ4v) is 3.98. The Morgan fingerprint density at radius 1 is 1.26 bits per heavy atom. The second kappa shape index (κ2) is 6.21. The van der Waals surface area contributed by atoms with Crippen LogP contribution in [0.3, 0.4) is 0 Å². The van der Waals surface area contributed by atoms with Crippen molar-refractivity contribution in [2.45, 2.75) is 51.5 Å². The van der Waals surface area contributed by atoms with Crippen molar-refractivity contribution in [1.29, 1.82) is 0 Å². The first kappa shape index (κ1) is 17.7. The maximum atomic E-state index is 12.9. The zero-order chi connectivity index (χ0) is 19.3. The van der Waals surface area contributed by atoms with Crippen LogP contribution in [-0.4, -0.2) is 44.6 Å². The average Bonchev–Trinajstić information content (AvgIpc) is 3.25. The van der Waals surface area contributed by atoms with Crippen molar-refractivity contribution in [3.63, 3.8) is 0 Å². The SMILES string of the molecule is Cc1noc(C)c1CN1C(=O)C[C@H]2[C@@H]1CCN2c1cc(C(F)(F)F)ncn1. The van der Waals surface area contributed by atoms with Gasteiger partial charge in [-0.25, -0.2) is 9.97 Å². The largest absolute Gasteiger partial charge is 0.433 e. The Balaban J connectivity index is 1.57. The lowest BCUT2D eigenvalue weighted by atomic mass is 10.1. The molecule has 0 radical (unpaired) electrons. The van der Waals surface area contributed by atoms with Crippen LogP contribution < -0.4 is 4.90 Å². The Morgan fingerprint density at radius 3 is 2.70 bits per heavy atom. The van der Waals surface area contributed by atoms with Crippen LogP contribution in [0.1, 0.15) is 35.6 Å². The molecule has 0 unspecified atom stereocenters. The van der Waals surface area contributed by atoms with Gasteiger partial charge in [-0.15, -0.1) is 0 Å². The van der Waals surface area contributed by atoms with Gasteiger partial charge in [0.15, 0.2) is 0 Å². The van der Waals surface area contributed by atoms with Gasteiger partial charge in [-0.05, 0) is 20.3 Å². The van der Waals surface area contributed by atoms with E-state index in [1.165, 1.54) is 0 Å². The molecule has 4 rings (SSSR count). The van der Waals surface area contributed by atoms with E-state index in [2.05, 4.69) is 15.1 Å². The van der Waals surface area contributed by atoms with E-state index in [9.17, 15) is 18.0 Å². The summed E-state index contributed by atoms with van der Waals surface area (Å²) in [6.07, 6.45) is -2.69. The molecule has 2 fully saturated rings. The molecule has 0 spiro atoms. The van der Waals surface area contributed by atoms with Gasteiger partial charge in [0.25, 0.3) is 0 Å². The quantitative estimate of drug-likeness (QED) is 0.813. The van der Waals surface area contributed by atoms with Crippen molar-refractivity contribution in [2.24, 2.45) is 0 Å². The highest BCUT2D eigenvalue weighted by Crippen LogP contribution is 2.37. The molecule has 0 N–H and O–H groups in total. The third-order valence-corrected chi connectivity index (χ3v) is 5.36. The minimum atomic E-state index is -4.53. The van der Waals surface area contributed by atoms with E-state index in [0.29, 0.717) is 25.3 Å². The van der Waals surface area contributed by atoms with E-state index in [1.807, 2.05) is 6.92 Å². The summed E-state index contributed by atoms with van der Waals surface area (Å²) in [6, 6.07) is 0.675. The molecule has 7 nitrogen and oxygen atoms in total. The molecule has 0 aliphatic carbocycles. The van der Waals surface area contributed by atoms with E-state index in [0.717, 1.165) is 23.7 Å². The lowest BCUT2D eigenvalue weighted by Gasteiger charge is -2.26. The van der Waals surface area contributed by atoms with Crippen LogP contribution in [0.2, 0.25) is 0 Å². The van der Waals surface area contributed by atoms with Crippen LogP contribution in [0.5, 0.6) is 0 Å². The molecule has 2 aliphatic heterocycles. The molecular formula is C17H18F3N5O2. The van der Waals surface area contributed by atoms with Gasteiger partial charge < -0.3 is 14.3 Å². The number of amides is 1. The number of fused-ring (bicyclic) bond motifs is 1. The molecule has 1 amide bonds. The van der Waals surface area contributed by atoms with Gasteiger partial charge >= 0.3 is 6.18 Å². The molecule has 144 valence electrons. The molecule has 2 aliphatic rings. The van der Waals surface area contributed by atoms with Crippen LogP contribution in [0.25, 0.3) is 0 Å². The van der Waals surface area contributed by atoms with Crippen molar-refractivity contribution < 1.29 is 22.5 Å². The number of rotatable bonds is 3. The van der Waals surface area contributed by atoms with E-state index in [1.54, 1.807) is 16.7 Å². The predicted octanol–water partition coefficient (Wildman–Crippen LogP) is 2.48. The molecule has 27 heavy (non-hydrogen) atoms. The number of halogens is 3. The second-order valence-electron chi connectivity index (χ2n) is 6.90. The summed E-state index contributed by atoms with van der Waals surface area (Å²) in [5.41, 5.74) is 0.640. The first-order valence-corrected chi connectivity index (χ1v) is 8.63. The molecule has 0 bridgehead atoms. The predicted molar refractivity (Wildman–Crippen MR) is 87.7 cm³/mol. The number of likely N-dealkylation sites (tertiary alicyclic amines) is 1. The molecule has 0 aromatic carbocycles. The number of alkyl halides is 3. The van der Waals surface area contributed by atoms with Gasteiger partial charge in [-0.1, -0.05) is 5.16 Å². The summed E-state index contributed by atoms with van der Waals surface area (Å²) in [5, 5.41) is 3.92. The molecule has 2 aromatic heterocycles. The zero-order valence-electron chi connectivity index (χ0n) is 14.8. The topological polar surface area (TPSA) is 75.4 Å². The highest BCUT2D eigenvalue weighted by molar-refractivity contribution is 5.81. The van der Waals surface area contributed by atoms with Crippen LogP contribution in [0, 0.1) is 13.8 Å². The summed E-state index contributed by atoms with van der Waals surface area (Å²) in [7, 11) is 0. The Bertz CT molecular complexity index is 862. The van der Waals surface area contributed by atoms with Crippen molar-refractivity contribution in [1.82, 2.24) is 20.0 Å². The van der Waals surface area contributed by atoms with Crippen molar-refractivity contribution in [3.8, 4) is 0 Å². The monoisotopic (exact) mass is 381 g/mol. The zero-order valence-corrected chi connectivity index (χ0v) is 14.8. The second-order valence-corrected chi connectivity index (χ2v) is 6.90.